The maximum Gasteiger partial charge on any atom is 0.0636 e. The first kappa shape index (κ1) is 19.5. The summed E-state index contributed by atoms with van der Waals surface area (Å²) in [5.41, 5.74) is 8.07. The van der Waals surface area contributed by atoms with Crippen LogP contribution in [0.2, 0.25) is 0 Å². The Bertz CT molecular complexity index is 730. The van der Waals surface area contributed by atoms with Gasteiger partial charge >= 0.3 is 0 Å². The number of aryl methyl sites for hydroxylation is 4. The topological polar surface area (TPSA) is 24.7 Å². The number of nitrogens with zero attached hydrogens (tertiary/aromatic N) is 2. The molecule has 0 unspecified atom stereocenters. The number of hydrogen-bond donors (Lipinski definition) is 0. The largest absolute Gasteiger partial charge is 0.255 e. The second kappa shape index (κ2) is 8.91. The molecule has 2 aromatic rings. The molecule has 0 N–H and O–H groups in total. The third kappa shape index (κ3) is 5.54. The Labute approximate surface area is 153 Å². The van der Waals surface area contributed by atoms with Crippen molar-refractivity contribution in [3.05, 3.63) is 58.7 Å². The molecule has 0 aromatic heterocycles. The molecule has 3 heteroatoms. The van der Waals surface area contributed by atoms with Crippen LogP contribution in [0.3, 0.4) is 0 Å². The van der Waals surface area contributed by atoms with Gasteiger partial charge in [0.1, 0.15) is 0 Å². The zero-order chi connectivity index (χ0) is 16.1. The van der Waals surface area contributed by atoms with E-state index in [1.807, 2.05) is 12.3 Å². The van der Waals surface area contributed by atoms with Crippen LogP contribution in [0.4, 0.5) is 11.4 Å². The molecule has 0 atom stereocenters. The van der Waals surface area contributed by atoms with Gasteiger partial charge in [-0.15, -0.1) is 0 Å². The zero-order valence-corrected chi connectivity index (χ0v) is 16.0. The van der Waals surface area contributed by atoms with Crippen molar-refractivity contribution in [2.24, 2.45) is 9.98 Å². The predicted molar refractivity (Wildman–Crippen MR) is 97.4 cm³/mol. The maximum atomic E-state index is 4.70. The van der Waals surface area contributed by atoms with Crippen LogP contribution < -0.4 is 0 Å². The summed E-state index contributed by atoms with van der Waals surface area (Å²) in [7, 11) is 0. The molecule has 2 nitrogen and oxygen atoms in total. The number of rotatable bonds is 4. The quantitative estimate of drug-likeness (QED) is 0.459. The van der Waals surface area contributed by atoms with Crippen LogP contribution in [-0.4, -0.2) is 11.9 Å². The smallest absolute Gasteiger partial charge is 0.0636 e. The standard InChI is InChI=1S/C20H24N2.Pd/c1-6-18(22-20-10-8-15(3)17(5)12-20)13-21-19-9-7-14(2)16(4)11-19;/h7-13H,6H2,1-5H3;/b21-13+,22-18+;. The summed E-state index contributed by atoms with van der Waals surface area (Å²) in [6.45, 7) is 10.6. The molecule has 0 radical (unpaired) electrons. The molecule has 124 valence electrons. The summed E-state index contributed by atoms with van der Waals surface area (Å²) in [6, 6.07) is 12.5. The Hall–Kier alpha value is -1.56. The Kier molecular flexibility index (Phi) is 7.55. The average Bonchev–Trinajstić information content (AvgIpc) is 2.50. The van der Waals surface area contributed by atoms with Crippen molar-refractivity contribution >= 4 is 23.3 Å². The monoisotopic (exact) mass is 398 g/mol. The van der Waals surface area contributed by atoms with Crippen molar-refractivity contribution in [3.8, 4) is 0 Å². The molecule has 0 amide bonds. The van der Waals surface area contributed by atoms with Crippen LogP contribution in [0, 0.1) is 27.7 Å². The minimum atomic E-state index is 0. The van der Waals surface area contributed by atoms with E-state index in [0.29, 0.717) is 0 Å². The maximum absolute atomic E-state index is 4.70. The molecule has 0 aliphatic rings. The third-order valence-corrected chi connectivity index (χ3v) is 3.98. The fraction of sp³-hybridized carbons (Fsp3) is 0.300. The predicted octanol–water partition coefficient (Wildman–Crippen LogP) is 5.80. The Morgan fingerprint density at radius 1 is 0.826 bits per heavy atom. The van der Waals surface area contributed by atoms with Crippen molar-refractivity contribution in [2.45, 2.75) is 41.0 Å². The molecule has 2 rings (SSSR count). The minimum absolute atomic E-state index is 0. The molecule has 0 aliphatic carbocycles. The first-order chi connectivity index (χ1) is 10.5. The van der Waals surface area contributed by atoms with E-state index in [-0.39, 0.29) is 20.4 Å². The van der Waals surface area contributed by atoms with E-state index in [9.17, 15) is 0 Å². The fourth-order valence-electron chi connectivity index (χ4n) is 2.12. The summed E-state index contributed by atoms with van der Waals surface area (Å²) < 4.78 is 0. The van der Waals surface area contributed by atoms with Crippen LogP contribution in [0.1, 0.15) is 35.6 Å². The van der Waals surface area contributed by atoms with E-state index >= 15 is 0 Å². The van der Waals surface area contributed by atoms with E-state index in [0.717, 1.165) is 23.5 Å². The Morgan fingerprint density at radius 2 is 1.35 bits per heavy atom. The molecule has 23 heavy (non-hydrogen) atoms. The molecule has 0 aliphatic heterocycles. The van der Waals surface area contributed by atoms with Gasteiger partial charge in [0.15, 0.2) is 0 Å². The molecule has 0 heterocycles. The Morgan fingerprint density at radius 3 is 1.87 bits per heavy atom. The van der Waals surface area contributed by atoms with Gasteiger partial charge in [-0.1, -0.05) is 19.1 Å². The fourth-order valence-corrected chi connectivity index (χ4v) is 2.12. The summed E-state index contributed by atoms with van der Waals surface area (Å²) in [4.78, 5) is 9.26. The van der Waals surface area contributed by atoms with Crippen molar-refractivity contribution in [1.82, 2.24) is 0 Å². The second-order valence-corrected chi connectivity index (χ2v) is 5.75. The van der Waals surface area contributed by atoms with Gasteiger partial charge < -0.3 is 0 Å². The molecule has 2 aromatic carbocycles. The first-order valence-electron chi connectivity index (χ1n) is 7.75. The normalized spacial score (nSPS) is 11.6. The zero-order valence-electron chi connectivity index (χ0n) is 14.5. The molecular formula is C20H24N2Pd. The van der Waals surface area contributed by atoms with Crippen molar-refractivity contribution < 1.29 is 20.4 Å². The van der Waals surface area contributed by atoms with Crippen molar-refractivity contribution in [2.75, 3.05) is 0 Å². The number of aliphatic imine (C=N–C) groups is 2. The Balaban J connectivity index is 0.00000264. The second-order valence-electron chi connectivity index (χ2n) is 5.75. The molecule has 0 spiro atoms. The van der Waals surface area contributed by atoms with Crippen molar-refractivity contribution in [1.29, 1.82) is 0 Å². The van der Waals surface area contributed by atoms with E-state index in [1.165, 1.54) is 22.3 Å². The van der Waals surface area contributed by atoms with Gasteiger partial charge in [-0.25, -0.2) is 0 Å². The van der Waals surface area contributed by atoms with Crippen LogP contribution in [0.5, 0.6) is 0 Å². The van der Waals surface area contributed by atoms with Gasteiger partial charge in [-0.3, -0.25) is 9.98 Å². The third-order valence-electron chi connectivity index (χ3n) is 3.98. The van der Waals surface area contributed by atoms with E-state index < -0.39 is 0 Å². The van der Waals surface area contributed by atoms with Gasteiger partial charge in [0.25, 0.3) is 0 Å². The molecule has 0 saturated heterocycles. The van der Waals surface area contributed by atoms with Crippen LogP contribution >= 0.6 is 0 Å². The molecule has 0 saturated carbocycles. The average molecular weight is 399 g/mol. The molecule has 0 fully saturated rings. The minimum Gasteiger partial charge on any atom is -0.255 e. The van der Waals surface area contributed by atoms with Gasteiger partial charge in [0.05, 0.1) is 17.1 Å². The summed E-state index contributed by atoms with van der Waals surface area (Å²) >= 11 is 0. The summed E-state index contributed by atoms with van der Waals surface area (Å²) in [6.07, 6.45) is 2.74. The SMILES string of the molecule is CCC(/C=N/c1ccc(C)c(C)c1)=N\c1ccc(C)c(C)c1.[Pd]. The van der Waals surface area contributed by atoms with E-state index in [1.54, 1.807) is 0 Å². The number of benzene rings is 2. The van der Waals surface area contributed by atoms with Crippen molar-refractivity contribution in [3.63, 3.8) is 0 Å². The van der Waals surface area contributed by atoms with Gasteiger partial charge in [0.2, 0.25) is 0 Å². The van der Waals surface area contributed by atoms with Gasteiger partial charge in [-0.2, -0.15) is 0 Å². The first-order valence-corrected chi connectivity index (χ1v) is 7.75. The molecule has 0 bridgehead atoms. The molecular weight excluding hydrogens is 375 g/mol. The van der Waals surface area contributed by atoms with Crippen LogP contribution in [-0.2, 0) is 20.4 Å². The van der Waals surface area contributed by atoms with Crippen LogP contribution in [0.25, 0.3) is 0 Å². The number of hydrogen-bond acceptors (Lipinski definition) is 2. The summed E-state index contributed by atoms with van der Waals surface area (Å²) in [5.74, 6) is 0. The van der Waals surface area contributed by atoms with Gasteiger partial charge in [-0.05, 0) is 80.6 Å². The van der Waals surface area contributed by atoms with Crippen LogP contribution in [0.15, 0.2) is 46.4 Å². The van der Waals surface area contributed by atoms with Gasteiger partial charge in [0, 0.05) is 26.6 Å². The van der Waals surface area contributed by atoms with E-state index in [2.05, 4.69) is 69.9 Å². The summed E-state index contributed by atoms with van der Waals surface area (Å²) in [5, 5.41) is 0. The van der Waals surface area contributed by atoms with E-state index in [4.69, 9.17) is 4.99 Å².